The Morgan fingerprint density at radius 2 is 1.86 bits per heavy atom. The number of halogens is 1. The summed E-state index contributed by atoms with van der Waals surface area (Å²) in [5.74, 6) is 0.936. The van der Waals surface area contributed by atoms with Crippen molar-refractivity contribution in [1.82, 2.24) is 5.32 Å². The minimum Gasteiger partial charge on any atom is -0.496 e. The van der Waals surface area contributed by atoms with E-state index in [0.717, 1.165) is 36.2 Å². The summed E-state index contributed by atoms with van der Waals surface area (Å²) in [6.07, 6.45) is 2.21. The molecule has 0 unspecified atom stereocenters. The summed E-state index contributed by atoms with van der Waals surface area (Å²) in [6, 6.07) is 4.33. The zero-order valence-electron chi connectivity index (χ0n) is 8.27. The number of hydrogen-bond acceptors (Lipinski definition) is 2. The van der Waals surface area contributed by atoms with Crippen molar-refractivity contribution in [2.75, 3.05) is 20.2 Å². The molecule has 0 fully saturated rings. The average Bonchev–Trinajstić information content (AvgIpc) is 2.41. The predicted octanol–water partition coefficient (Wildman–Crippen LogP) is 2.15. The summed E-state index contributed by atoms with van der Waals surface area (Å²) in [6.45, 7) is 2.14. The topological polar surface area (TPSA) is 21.3 Å². The number of rotatable bonds is 1. The van der Waals surface area contributed by atoms with E-state index in [2.05, 4.69) is 33.4 Å². The first kappa shape index (κ1) is 9.99. The molecule has 0 atom stereocenters. The third-order valence-electron chi connectivity index (χ3n) is 2.62. The summed E-state index contributed by atoms with van der Waals surface area (Å²) in [5, 5.41) is 3.39. The van der Waals surface area contributed by atoms with Gasteiger partial charge in [-0.05, 0) is 65.1 Å². The van der Waals surface area contributed by atoms with Gasteiger partial charge in [0.1, 0.15) is 5.75 Å². The Kier molecular flexibility index (Phi) is 3.08. The maximum absolute atomic E-state index is 5.28. The van der Waals surface area contributed by atoms with Crippen LogP contribution in [0.15, 0.2) is 16.6 Å². The molecular formula is C11H14BrNO. The standard InChI is InChI=1S/C11H14BrNO/c1-14-11-7-9-3-5-13-4-2-8(9)6-10(11)12/h6-7,13H,2-5H2,1H3. The summed E-state index contributed by atoms with van der Waals surface area (Å²) in [4.78, 5) is 0. The number of benzene rings is 1. The van der Waals surface area contributed by atoms with Crippen molar-refractivity contribution in [2.24, 2.45) is 0 Å². The van der Waals surface area contributed by atoms with E-state index in [-0.39, 0.29) is 0 Å². The molecule has 1 heterocycles. The van der Waals surface area contributed by atoms with Crippen LogP contribution in [0.5, 0.6) is 5.75 Å². The van der Waals surface area contributed by atoms with Gasteiger partial charge in [0, 0.05) is 0 Å². The number of nitrogens with one attached hydrogen (secondary N) is 1. The highest BCUT2D eigenvalue weighted by atomic mass is 79.9. The molecule has 0 bridgehead atoms. The normalized spacial score (nSPS) is 15.9. The van der Waals surface area contributed by atoms with Crippen LogP contribution in [0.2, 0.25) is 0 Å². The lowest BCUT2D eigenvalue weighted by Gasteiger charge is -2.09. The zero-order valence-corrected chi connectivity index (χ0v) is 9.86. The van der Waals surface area contributed by atoms with Crippen molar-refractivity contribution in [3.05, 3.63) is 27.7 Å². The highest BCUT2D eigenvalue weighted by Crippen LogP contribution is 2.29. The molecule has 14 heavy (non-hydrogen) atoms. The Balaban J connectivity index is 2.41. The Morgan fingerprint density at radius 3 is 2.50 bits per heavy atom. The molecule has 1 aromatic rings. The van der Waals surface area contributed by atoms with Crippen LogP contribution in [0.4, 0.5) is 0 Å². The summed E-state index contributed by atoms with van der Waals surface area (Å²) in [5.41, 5.74) is 2.85. The van der Waals surface area contributed by atoms with Gasteiger partial charge in [0.2, 0.25) is 0 Å². The second kappa shape index (κ2) is 4.32. The molecule has 0 spiro atoms. The molecule has 3 heteroatoms. The van der Waals surface area contributed by atoms with Gasteiger partial charge in [-0.15, -0.1) is 0 Å². The second-order valence-corrected chi connectivity index (χ2v) is 4.36. The largest absolute Gasteiger partial charge is 0.496 e. The summed E-state index contributed by atoms with van der Waals surface area (Å²) >= 11 is 3.52. The first-order valence-corrected chi connectivity index (χ1v) is 5.66. The number of methoxy groups -OCH3 is 1. The van der Waals surface area contributed by atoms with E-state index in [9.17, 15) is 0 Å². The highest BCUT2D eigenvalue weighted by Gasteiger charge is 2.10. The van der Waals surface area contributed by atoms with E-state index in [1.807, 2.05) is 0 Å². The Morgan fingerprint density at radius 1 is 1.21 bits per heavy atom. The fraction of sp³-hybridized carbons (Fsp3) is 0.455. The Bertz CT molecular complexity index is 338. The molecule has 0 radical (unpaired) electrons. The smallest absolute Gasteiger partial charge is 0.133 e. The summed E-state index contributed by atoms with van der Waals surface area (Å²) in [7, 11) is 1.71. The van der Waals surface area contributed by atoms with E-state index < -0.39 is 0 Å². The molecule has 0 saturated heterocycles. The lowest BCUT2D eigenvalue weighted by molar-refractivity contribution is 0.411. The van der Waals surface area contributed by atoms with Crippen LogP contribution in [0.3, 0.4) is 0 Å². The molecule has 76 valence electrons. The van der Waals surface area contributed by atoms with Crippen LogP contribution in [0, 0.1) is 0 Å². The first-order chi connectivity index (χ1) is 6.81. The molecule has 0 aromatic heterocycles. The van der Waals surface area contributed by atoms with Crippen molar-refractivity contribution < 1.29 is 4.74 Å². The van der Waals surface area contributed by atoms with Gasteiger partial charge < -0.3 is 10.1 Å². The maximum Gasteiger partial charge on any atom is 0.133 e. The van der Waals surface area contributed by atoms with Gasteiger partial charge in [-0.2, -0.15) is 0 Å². The van der Waals surface area contributed by atoms with Crippen LogP contribution >= 0.6 is 15.9 Å². The second-order valence-electron chi connectivity index (χ2n) is 3.51. The van der Waals surface area contributed by atoms with Gasteiger partial charge in [0.25, 0.3) is 0 Å². The number of ether oxygens (including phenoxy) is 1. The Labute approximate surface area is 92.8 Å². The van der Waals surface area contributed by atoms with Crippen molar-refractivity contribution >= 4 is 15.9 Å². The molecule has 0 amide bonds. The van der Waals surface area contributed by atoms with Crippen molar-refractivity contribution in [1.29, 1.82) is 0 Å². The van der Waals surface area contributed by atoms with E-state index in [4.69, 9.17) is 4.74 Å². The molecule has 1 N–H and O–H groups in total. The van der Waals surface area contributed by atoms with Gasteiger partial charge in [-0.25, -0.2) is 0 Å². The van der Waals surface area contributed by atoms with Gasteiger partial charge in [-0.1, -0.05) is 0 Å². The fourth-order valence-corrected chi connectivity index (χ4v) is 2.38. The third-order valence-corrected chi connectivity index (χ3v) is 3.24. The average molecular weight is 256 g/mol. The quantitative estimate of drug-likeness (QED) is 0.831. The SMILES string of the molecule is COc1cc2c(cc1Br)CCNCC2. The zero-order chi connectivity index (χ0) is 9.97. The van der Waals surface area contributed by atoms with Crippen LogP contribution in [0.1, 0.15) is 11.1 Å². The highest BCUT2D eigenvalue weighted by molar-refractivity contribution is 9.10. The Hall–Kier alpha value is -0.540. The lowest BCUT2D eigenvalue weighted by Crippen LogP contribution is -2.16. The van der Waals surface area contributed by atoms with Crippen molar-refractivity contribution in [3.63, 3.8) is 0 Å². The van der Waals surface area contributed by atoms with Crippen molar-refractivity contribution in [2.45, 2.75) is 12.8 Å². The van der Waals surface area contributed by atoms with Gasteiger partial charge in [0.05, 0.1) is 11.6 Å². The van der Waals surface area contributed by atoms with Crippen LogP contribution in [-0.2, 0) is 12.8 Å². The van der Waals surface area contributed by atoms with Gasteiger partial charge in [-0.3, -0.25) is 0 Å². The monoisotopic (exact) mass is 255 g/mol. The minimum atomic E-state index is 0.936. The lowest BCUT2D eigenvalue weighted by atomic mass is 10.0. The number of hydrogen-bond donors (Lipinski definition) is 1. The minimum absolute atomic E-state index is 0.936. The van der Waals surface area contributed by atoms with E-state index in [1.165, 1.54) is 11.1 Å². The van der Waals surface area contributed by atoms with Crippen LogP contribution < -0.4 is 10.1 Å². The van der Waals surface area contributed by atoms with Crippen LogP contribution in [-0.4, -0.2) is 20.2 Å². The van der Waals surface area contributed by atoms with E-state index in [0.29, 0.717) is 0 Å². The molecule has 2 rings (SSSR count). The van der Waals surface area contributed by atoms with Crippen molar-refractivity contribution in [3.8, 4) is 5.75 Å². The van der Waals surface area contributed by atoms with E-state index in [1.54, 1.807) is 7.11 Å². The third kappa shape index (κ3) is 1.93. The molecule has 0 aliphatic carbocycles. The molecule has 2 nitrogen and oxygen atoms in total. The molecule has 1 aliphatic heterocycles. The molecule has 1 aromatic carbocycles. The summed E-state index contributed by atoms with van der Waals surface area (Å²) < 4.78 is 6.34. The van der Waals surface area contributed by atoms with E-state index >= 15 is 0 Å². The van der Waals surface area contributed by atoms with Gasteiger partial charge in [0.15, 0.2) is 0 Å². The van der Waals surface area contributed by atoms with Gasteiger partial charge >= 0.3 is 0 Å². The fourth-order valence-electron chi connectivity index (χ4n) is 1.83. The predicted molar refractivity (Wildman–Crippen MR) is 61.0 cm³/mol. The molecule has 1 aliphatic rings. The molecule has 0 saturated carbocycles. The van der Waals surface area contributed by atoms with Crippen LogP contribution in [0.25, 0.3) is 0 Å². The maximum atomic E-state index is 5.28. The molecular weight excluding hydrogens is 242 g/mol. The number of fused-ring (bicyclic) bond motifs is 1. The first-order valence-electron chi connectivity index (χ1n) is 4.87.